The van der Waals surface area contributed by atoms with Crippen LogP contribution in [0.2, 0.25) is 0 Å². The molecule has 0 saturated carbocycles. The third-order valence-corrected chi connectivity index (χ3v) is 4.48. The van der Waals surface area contributed by atoms with E-state index in [0.29, 0.717) is 5.56 Å². The van der Waals surface area contributed by atoms with Crippen LogP contribution >= 0.6 is 0 Å². The molecule has 2 atom stereocenters. The molecule has 0 aromatic heterocycles. The largest absolute Gasteiger partial charge is 0.508 e. The predicted molar refractivity (Wildman–Crippen MR) is 98.6 cm³/mol. The summed E-state index contributed by atoms with van der Waals surface area (Å²) in [6, 6.07) is 8.53. The number of aromatic hydroxyl groups is 2. The number of nitrogens with one attached hydrogen (secondary N) is 1. The van der Waals surface area contributed by atoms with Crippen LogP contribution in [0.25, 0.3) is 0 Å². The van der Waals surface area contributed by atoms with E-state index in [-0.39, 0.29) is 29.3 Å². The van der Waals surface area contributed by atoms with Gasteiger partial charge in [-0.2, -0.15) is 0 Å². The van der Waals surface area contributed by atoms with E-state index < -0.39 is 29.9 Å². The van der Waals surface area contributed by atoms with Gasteiger partial charge < -0.3 is 30.7 Å². The Bertz CT molecular complexity index is 970. The Labute approximate surface area is 164 Å². The van der Waals surface area contributed by atoms with E-state index in [4.69, 9.17) is 5.21 Å². The summed E-state index contributed by atoms with van der Waals surface area (Å²) in [7, 11) is 0. The molecule has 10 nitrogen and oxygen atoms in total. The van der Waals surface area contributed by atoms with Crippen LogP contribution in [0.5, 0.6) is 11.5 Å². The monoisotopic (exact) mass is 399 g/mol. The van der Waals surface area contributed by atoms with Crippen LogP contribution in [0, 0.1) is 0 Å². The van der Waals surface area contributed by atoms with Crippen LogP contribution in [0.1, 0.15) is 17.2 Å². The topological polar surface area (TPSA) is 160 Å². The van der Waals surface area contributed by atoms with Crippen LogP contribution in [0.15, 0.2) is 53.7 Å². The number of carboxylic acids is 1. The second-order valence-electron chi connectivity index (χ2n) is 6.34. The SMILES string of the molecule is O=C(N[C@H]1CN([C@@H](C(=O)O)c2ccc(O)cc2)C1=O)/C(=N/O)c1ccc(O)cc1. The zero-order chi connectivity index (χ0) is 21.1. The van der Waals surface area contributed by atoms with E-state index in [1.54, 1.807) is 0 Å². The van der Waals surface area contributed by atoms with Crippen molar-refractivity contribution < 1.29 is 34.9 Å². The Morgan fingerprint density at radius 1 is 1.03 bits per heavy atom. The summed E-state index contributed by atoms with van der Waals surface area (Å²) in [4.78, 5) is 37.5. The molecule has 1 heterocycles. The first-order chi connectivity index (χ1) is 13.8. The molecule has 3 rings (SSSR count). The highest BCUT2D eigenvalue weighted by atomic mass is 16.4. The number of nitrogens with zero attached hydrogens (tertiary/aromatic N) is 2. The Kier molecular flexibility index (Phi) is 5.35. The number of β-lactam (4-membered cyclic amide) rings is 1. The standard InChI is InChI=1S/C19H17N3O7/c23-12-5-1-10(2-6-12)15(21-29)17(25)20-14-9-22(18(14)26)16(19(27)28)11-3-7-13(24)8-4-11/h1-8,14,16,23-24,29H,9H2,(H,20,25)(H,27,28)/b21-15+/t14-,16+/m0/s1. The summed E-state index contributed by atoms with van der Waals surface area (Å²) >= 11 is 0. The second kappa shape index (κ2) is 7.89. The number of amides is 2. The minimum Gasteiger partial charge on any atom is -0.508 e. The van der Waals surface area contributed by atoms with Crippen molar-refractivity contribution in [1.29, 1.82) is 0 Å². The molecule has 0 radical (unpaired) electrons. The lowest BCUT2D eigenvalue weighted by Crippen LogP contribution is -2.66. The van der Waals surface area contributed by atoms with Gasteiger partial charge in [-0.3, -0.25) is 9.59 Å². The van der Waals surface area contributed by atoms with Gasteiger partial charge in [0.2, 0.25) is 5.91 Å². The highest BCUT2D eigenvalue weighted by Crippen LogP contribution is 2.28. The fourth-order valence-corrected chi connectivity index (χ4v) is 2.99. The van der Waals surface area contributed by atoms with Crippen molar-refractivity contribution in [2.45, 2.75) is 12.1 Å². The first-order valence-corrected chi connectivity index (χ1v) is 8.46. The van der Waals surface area contributed by atoms with Gasteiger partial charge >= 0.3 is 5.97 Å². The number of oxime groups is 1. The lowest BCUT2D eigenvalue weighted by atomic mass is 9.97. The molecule has 0 bridgehead atoms. The Balaban J connectivity index is 1.69. The number of hydrogen-bond donors (Lipinski definition) is 5. The highest BCUT2D eigenvalue weighted by molar-refractivity contribution is 6.45. The van der Waals surface area contributed by atoms with E-state index >= 15 is 0 Å². The molecule has 2 aromatic carbocycles. The molecule has 1 fully saturated rings. The molecule has 5 N–H and O–H groups in total. The maximum Gasteiger partial charge on any atom is 0.331 e. The van der Waals surface area contributed by atoms with E-state index in [2.05, 4.69) is 10.5 Å². The summed E-state index contributed by atoms with van der Waals surface area (Å²) in [6.45, 7) is -0.0588. The molecule has 0 aliphatic carbocycles. The zero-order valence-electron chi connectivity index (χ0n) is 14.9. The van der Waals surface area contributed by atoms with Crippen molar-refractivity contribution in [3.05, 3.63) is 59.7 Å². The van der Waals surface area contributed by atoms with Crippen LogP contribution in [0.3, 0.4) is 0 Å². The number of carbonyl (C=O) groups excluding carboxylic acids is 2. The van der Waals surface area contributed by atoms with Gasteiger partial charge in [0.25, 0.3) is 5.91 Å². The number of likely N-dealkylation sites (tertiary alicyclic amines) is 1. The summed E-state index contributed by atoms with van der Waals surface area (Å²) in [5.74, 6) is -2.77. The molecule has 150 valence electrons. The molecule has 1 aliphatic heterocycles. The van der Waals surface area contributed by atoms with Crippen molar-refractivity contribution in [2.75, 3.05) is 6.54 Å². The number of hydrogen-bond acceptors (Lipinski definition) is 7. The third kappa shape index (κ3) is 3.95. The summed E-state index contributed by atoms with van der Waals surface area (Å²) in [6.07, 6.45) is 0. The molecule has 1 aliphatic rings. The van der Waals surface area contributed by atoms with Gasteiger partial charge in [0.1, 0.15) is 17.5 Å². The molecule has 29 heavy (non-hydrogen) atoms. The molecule has 10 heteroatoms. The molecular weight excluding hydrogens is 382 g/mol. The number of carboxylic acid groups (broad SMARTS) is 1. The number of rotatable bonds is 6. The van der Waals surface area contributed by atoms with Gasteiger partial charge in [0.15, 0.2) is 11.8 Å². The van der Waals surface area contributed by atoms with E-state index in [1.807, 2.05) is 0 Å². The smallest absolute Gasteiger partial charge is 0.331 e. The predicted octanol–water partition coefficient (Wildman–Crippen LogP) is 0.429. The average Bonchev–Trinajstić information content (AvgIpc) is 2.69. The number of aliphatic carboxylic acids is 1. The number of phenols is 2. The quantitative estimate of drug-likeness (QED) is 0.204. The number of carbonyl (C=O) groups is 3. The molecule has 0 spiro atoms. The number of phenolic OH excluding ortho intramolecular Hbond substituents is 2. The molecule has 0 unspecified atom stereocenters. The molecular formula is C19H17N3O7. The minimum atomic E-state index is -1.26. The van der Waals surface area contributed by atoms with Crippen molar-refractivity contribution in [3.8, 4) is 11.5 Å². The van der Waals surface area contributed by atoms with Crippen molar-refractivity contribution in [3.63, 3.8) is 0 Å². The zero-order valence-corrected chi connectivity index (χ0v) is 14.9. The maximum absolute atomic E-state index is 12.4. The first-order valence-electron chi connectivity index (χ1n) is 8.46. The number of benzene rings is 2. The van der Waals surface area contributed by atoms with E-state index in [0.717, 1.165) is 4.90 Å². The molecule has 1 saturated heterocycles. The van der Waals surface area contributed by atoms with E-state index in [9.17, 15) is 29.7 Å². The Morgan fingerprint density at radius 2 is 1.59 bits per heavy atom. The van der Waals surface area contributed by atoms with Gasteiger partial charge in [-0.1, -0.05) is 17.3 Å². The van der Waals surface area contributed by atoms with Crippen LogP contribution < -0.4 is 5.32 Å². The van der Waals surface area contributed by atoms with Gasteiger partial charge in [-0.05, 0) is 42.0 Å². The second-order valence-corrected chi connectivity index (χ2v) is 6.34. The van der Waals surface area contributed by atoms with Crippen LogP contribution in [-0.2, 0) is 14.4 Å². The van der Waals surface area contributed by atoms with Gasteiger partial charge in [-0.25, -0.2) is 4.79 Å². The summed E-state index contributed by atoms with van der Waals surface area (Å²) < 4.78 is 0. The van der Waals surface area contributed by atoms with E-state index in [1.165, 1.54) is 48.5 Å². The van der Waals surface area contributed by atoms with Gasteiger partial charge in [-0.15, -0.1) is 0 Å². The highest BCUT2D eigenvalue weighted by Gasteiger charge is 2.45. The maximum atomic E-state index is 12.4. The van der Waals surface area contributed by atoms with Crippen LogP contribution in [0.4, 0.5) is 0 Å². The fraction of sp³-hybridized carbons (Fsp3) is 0.158. The Hall–Kier alpha value is -4.08. The summed E-state index contributed by atoms with van der Waals surface area (Å²) in [5.41, 5.74) is 0.165. The third-order valence-electron chi connectivity index (χ3n) is 4.48. The van der Waals surface area contributed by atoms with Crippen molar-refractivity contribution in [2.24, 2.45) is 5.16 Å². The fourth-order valence-electron chi connectivity index (χ4n) is 2.99. The van der Waals surface area contributed by atoms with Gasteiger partial charge in [0.05, 0.1) is 6.54 Å². The normalized spacial score (nSPS) is 17.4. The van der Waals surface area contributed by atoms with Crippen molar-refractivity contribution >= 4 is 23.5 Å². The lowest BCUT2D eigenvalue weighted by Gasteiger charge is -2.42. The average molecular weight is 399 g/mol. The molecule has 2 amide bonds. The minimum absolute atomic E-state index is 0.0368. The van der Waals surface area contributed by atoms with Gasteiger partial charge in [0, 0.05) is 5.56 Å². The van der Waals surface area contributed by atoms with Crippen LogP contribution in [-0.4, -0.2) is 61.5 Å². The first kappa shape index (κ1) is 19.7. The summed E-state index contributed by atoms with van der Waals surface area (Å²) in [5, 5.41) is 42.6. The lowest BCUT2D eigenvalue weighted by molar-refractivity contribution is -0.160. The Morgan fingerprint density at radius 3 is 2.07 bits per heavy atom. The molecule has 2 aromatic rings. The van der Waals surface area contributed by atoms with Crippen molar-refractivity contribution in [1.82, 2.24) is 10.2 Å².